The Morgan fingerprint density at radius 1 is 1.07 bits per heavy atom. The van der Waals surface area contributed by atoms with E-state index < -0.39 is 44.8 Å². The molecule has 0 bridgehead atoms. The van der Waals surface area contributed by atoms with Gasteiger partial charge in [-0.2, -0.15) is 32.5 Å². The van der Waals surface area contributed by atoms with Crippen molar-refractivity contribution in [2.45, 2.75) is 42.9 Å². The van der Waals surface area contributed by atoms with Gasteiger partial charge in [-0.05, 0) is 73.7 Å². The molecule has 2 aliphatic carbocycles. The number of benzene rings is 1. The molecule has 1 aromatic carbocycles. The van der Waals surface area contributed by atoms with Crippen LogP contribution in [0.25, 0.3) is 11.8 Å². The van der Waals surface area contributed by atoms with Crippen molar-refractivity contribution in [3.05, 3.63) is 88.9 Å². The number of carbonyl (C=O) groups excluding carboxylic acids is 1. The topological polar surface area (TPSA) is 116 Å². The fourth-order valence-electron chi connectivity index (χ4n) is 5.91. The molecule has 0 N–H and O–H groups in total. The van der Waals surface area contributed by atoms with Crippen molar-refractivity contribution < 1.29 is 30.8 Å². The number of nitrogens with zero attached hydrogens (tertiary/aromatic N) is 7. The first-order chi connectivity index (χ1) is 20.3. The van der Waals surface area contributed by atoms with Crippen molar-refractivity contribution in [3.8, 4) is 5.69 Å². The van der Waals surface area contributed by atoms with Crippen LogP contribution < -0.4 is 0 Å². The number of sulfonamides is 1. The van der Waals surface area contributed by atoms with Crippen LogP contribution in [0.1, 0.15) is 46.6 Å². The van der Waals surface area contributed by atoms with E-state index in [2.05, 4.69) is 20.3 Å². The second-order valence-electron chi connectivity index (χ2n) is 10.7. The second kappa shape index (κ2) is 10.2. The molecule has 3 heterocycles. The number of hydrogen-bond donors (Lipinski definition) is 0. The van der Waals surface area contributed by atoms with Crippen LogP contribution >= 0.6 is 0 Å². The number of alkyl halides is 3. The molecule has 6 rings (SSSR count). The molecule has 43 heavy (non-hydrogen) atoms. The van der Waals surface area contributed by atoms with E-state index in [1.165, 1.54) is 30.5 Å². The molecular formula is C28H25F4N7O3S. The molecule has 0 amide bonds. The maximum Gasteiger partial charge on any atom is 0.417 e. The van der Waals surface area contributed by atoms with Crippen molar-refractivity contribution >= 4 is 21.9 Å². The minimum absolute atomic E-state index is 0.0531. The summed E-state index contributed by atoms with van der Waals surface area (Å²) < 4.78 is 82.9. The Hall–Kier alpha value is -4.24. The molecule has 15 heteroatoms. The molecule has 0 aliphatic heterocycles. The monoisotopic (exact) mass is 615 g/mol. The van der Waals surface area contributed by atoms with E-state index in [1.54, 1.807) is 23.0 Å². The Morgan fingerprint density at radius 2 is 1.81 bits per heavy atom. The zero-order valence-electron chi connectivity index (χ0n) is 23.0. The third-order valence-electron chi connectivity index (χ3n) is 8.20. The molecule has 224 valence electrons. The number of hydrogen-bond acceptors (Lipinski definition) is 7. The Balaban J connectivity index is 1.42. The first-order valence-electron chi connectivity index (χ1n) is 13.3. The third-order valence-corrected chi connectivity index (χ3v) is 9.97. The second-order valence-corrected chi connectivity index (χ2v) is 12.7. The number of fused-ring (bicyclic) bond motifs is 2. The number of rotatable bonds is 6. The van der Waals surface area contributed by atoms with Crippen molar-refractivity contribution in [2.24, 2.45) is 12.5 Å². The van der Waals surface area contributed by atoms with Gasteiger partial charge in [0, 0.05) is 26.3 Å². The predicted molar refractivity (Wildman–Crippen MR) is 145 cm³/mol. The molecule has 10 nitrogen and oxygen atoms in total. The Morgan fingerprint density at radius 3 is 2.44 bits per heavy atom. The highest BCUT2D eigenvalue weighted by atomic mass is 32.2. The fraction of sp³-hybridized carbons (Fsp3) is 0.321. The molecule has 0 radical (unpaired) electrons. The largest absolute Gasteiger partial charge is 0.417 e. The number of Topliss-reactive ketones (excluding diaryl/α,β-unsaturated/α-hetero) is 1. The molecule has 1 fully saturated rings. The number of aryl methyl sites for hydroxylation is 1. The molecular weight excluding hydrogens is 590 g/mol. The molecule has 1 saturated carbocycles. The normalized spacial score (nSPS) is 20.4. The summed E-state index contributed by atoms with van der Waals surface area (Å²) in [5, 5.41) is 12.0. The molecule has 2 atom stereocenters. The standard InChI is InChI=1S/C28H25F4N7O3S/c1-37(43(41,42)25-16-34-38(2)36-25)22-7-3-18-11-24-17(14-35-39(24)21-8-5-20(29)6-9-21)12-27(18,13-22)26(40)23-10-4-19(15-33-23)28(30,31)32/h4-6,8-11,14-16,22H,3,7,12-13H2,1-2H3/t22-,27-/m0/s1. The zero-order chi connectivity index (χ0) is 30.7. The predicted octanol–water partition coefficient (Wildman–Crippen LogP) is 4.24. The quantitative estimate of drug-likeness (QED) is 0.235. The Kier molecular flexibility index (Phi) is 6.84. The summed E-state index contributed by atoms with van der Waals surface area (Å²) in [6.45, 7) is 0. The van der Waals surface area contributed by atoms with Gasteiger partial charge in [-0.1, -0.05) is 5.57 Å². The number of aromatic nitrogens is 6. The van der Waals surface area contributed by atoms with Crippen LogP contribution in [-0.4, -0.2) is 61.4 Å². The van der Waals surface area contributed by atoms with Crippen molar-refractivity contribution in [1.82, 2.24) is 34.1 Å². The van der Waals surface area contributed by atoms with Crippen molar-refractivity contribution in [1.29, 1.82) is 0 Å². The minimum Gasteiger partial charge on any atom is -0.291 e. The zero-order valence-corrected chi connectivity index (χ0v) is 23.8. The average Bonchev–Trinajstić information content (AvgIpc) is 3.61. The van der Waals surface area contributed by atoms with Gasteiger partial charge < -0.3 is 0 Å². The smallest absolute Gasteiger partial charge is 0.291 e. The summed E-state index contributed by atoms with van der Waals surface area (Å²) in [4.78, 5) is 19.3. The van der Waals surface area contributed by atoms with Gasteiger partial charge in [0.15, 0.2) is 5.78 Å². The summed E-state index contributed by atoms with van der Waals surface area (Å²) in [5.41, 5.74) is 0.209. The first kappa shape index (κ1) is 28.9. The Labute approximate surface area is 243 Å². The maximum atomic E-state index is 14.3. The van der Waals surface area contributed by atoms with Gasteiger partial charge in [0.1, 0.15) is 11.5 Å². The van der Waals surface area contributed by atoms with Crippen LogP contribution in [0.5, 0.6) is 0 Å². The summed E-state index contributed by atoms with van der Waals surface area (Å²) in [5.74, 6) is -0.918. The van der Waals surface area contributed by atoms with Gasteiger partial charge in [0.25, 0.3) is 10.0 Å². The van der Waals surface area contributed by atoms with Gasteiger partial charge in [0.2, 0.25) is 5.03 Å². The minimum atomic E-state index is -4.63. The molecule has 0 spiro atoms. The van der Waals surface area contributed by atoms with E-state index in [4.69, 9.17) is 0 Å². The molecule has 0 unspecified atom stereocenters. The van der Waals surface area contributed by atoms with Crippen LogP contribution in [0.15, 0.2) is 65.6 Å². The fourth-order valence-corrected chi connectivity index (χ4v) is 7.18. The van der Waals surface area contributed by atoms with Crippen LogP contribution in [0.4, 0.5) is 17.6 Å². The first-order valence-corrected chi connectivity index (χ1v) is 14.7. The lowest BCUT2D eigenvalue weighted by Crippen LogP contribution is -2.49. The van der Waals surface area contributed by atoms with Gasteiger partial charge in [-0.25, -0.2) is 17.5 Å². The average molecular weight is 616 g/mol. The van der Waals surface area contributed by atoms with Crippen molar-refractivity contribution in [2.75, 3.05) is 7.05 Å². The number of ketones is 1. The summed E-state index contributed by atoms with van der Waals surface area (Å²) in [7, 11) is -1.16. The lowest BCUT2D eigenvalue weighted by atomic mass is 9.60. The highest BCUT2D eigenvalue weighted by molar-refractivity contribution is 7.89. The van der Waals surface area contributed by atoms with E-state index in [-0.39, 0.29) is 23.6 Å². The molecule has 0 saturated heterocycles. The number of carbonyl (C=O) groups is 1. The highest BCUT2D eigenvalue weighted by Gasteiger charge is 2.51. The third kappa shape index (κ3) is 4.95. The molecule has 3 aromatic heterocycles. The maximum absolute atomic E-state index is 14.3. The number of allylic oxidation sites excluding steroid dienone is 1. The van der Waals surface area contributed by atoms with E-state index in [0.717, 1.165) is 23.1 Å². The molecule has 2 aliphatic rings. The molecule has 4 aromatic rings. The summed E-state index contributed by atoms with van der Waals surface area (Å²) in [6, 6.07) is 6.98. The van der Waals surface area contributed by atoms with Gasteiger partial charge in [0.05, 0.1) is 34.8 Å². The van der Waals surface area contributed by atoms with Crippen LogP contribution in [0.3, 0.4) is 0 Å². The van der Waals surface area contributed by atoms with E-state index in [1.807, 2.05) is 6.08 Å². The number of pyridine rings is 1. The number of halogens is 4. The summed E-state index contributed by atoms with van der Waals surface area (Å²) >= 11 is 0. The van der Waals surface area contributed by atoms with Gasteiger partial charge in [-0.15, -0.1) is 5.10 Å². The van der Waals surface area contributed by atoms with E-state index in [0.29, 0.717) is 41.6 Å². The lowest BCUT2D eigenvalue weighted by molar-refractivity contribution is -0.137. The Bertz CT molecular complexity index is 1850. The van der Waals surface area contributed by atoms with Gasteiger partial charge >= 0.3 is 6.18 Å². The lowest BCUT2D eigenvalue weighted by Gasteiger charge is -2.45. The van der Waals surface area contributed by atoms with Gasteiger partial charge in [-0.3, -0.25) is 9.78 Å². The highest BCUT2D eigenvalue weighted by Crippen LogP contribution is 2.51. The summed E-state index contributed by atoms with van der Waals surface area (Å²) in [6.07, 6.45) is 1.42. The van der Waals surface area contributed by atoms with Crippen LogP contribution in [-0.2, 0) is 29.7 Å². The SMILES string of the molecule is CN([C@H]1CCC2=Cc3c(cnn3-c3ccc(F)cc3)C[C@]2(C(=O)c2ccc(C(F)(F)F)cn2)C1)S(=O)(=O)c1cnn(C)n1. The van der Waals surface area contributed by atoms with E-state index >= 15 is 0 Å². The van der Waals surface area contributed by atoms with Crippen LogP contribution in [0, 0.1) is 11.2 Å². The van der Waals surface area contributed by atoms with E-state index in [9.17, 15) is 30.8 Å². The van der Waals surface area contributed by atoms with Crippen LogP contribution in [0.2, 0.25) is 0 Å². The van der Waals surface area contributed by atoms with Crippen molar-refractivity contribution in [3.63, 3.8) is 0 Å².